The summed E-state index contributed by atoms with van der Waals surface area (Å²) in [7, 11) is 0. The Bertz CT molecular complexity index is 752. The van der Waals surface area contributed by atoms with E-state index >= 15 is 0 Å². The number of aromatic nitrogens is 3. The van der Waals surface area contributed by atoms with Crippen molar-refractivity contribution in [2.75, 3.05) is 0 Å². The zero-order valence-electron chi connectivity index (χ0n) is 13.2. The summed E-state index contributed by atoms with van der Waals surface area (Å²) < 4.78 is 10.9. The van der Waals surface area contributed by atoms with Crippen LogP contribution in [0.15, 0.2) is 50.8 Å². The number of carbonyl (C=O) groups excluding carboxylic acids is 1. The van der Waals surface area contributed by atoms with E-state index in [2.05, 4.69) is 20.5 Å². The van der Waals surface area contributed by atoms with Crippen molar-refractivity contribution in [3.8, 4) is 0 Å². The molecule has 24 heavy (non-hydrogen) atoms. The molecule has 2 N–H and O–H groups in total. The van der Waals surface area contributed by atoms with Gasteiger partial charge in [-0.25, -0.2) is 4.98 Å². The first-order valence-corrected chi connectivity index (χ1v) is 8.59. The molecule has 7 nitrogen and oxygen atoms in total. The average molecular weight is 346 g/mol. The van der Waals surface area contributed by atoms with E-state index in [1.807, 2.05) is 19.1 Å². The molecule has 1 unspecified atom stereocenters. The number of thioether (sulfide) groups is 1. The van der Waals surface area contributed by atoms with Crippen molar-refractivity contribution in [3.05, 3.63) is 54.1 Å². The Morgan fingerprint density at radius 2 is 2.29 bits per heavy atom. The summed E-state index contributed by atoms with van der Waals surface area (Å²) in [5.41, 5.74) is 0. The van der Waals surface area contributed by atoms with Gasteiger partial charge in [0.1, 0.15) is 17.8 Å². The zero-order valence-corrected chi connectivity index (χ0v) is 14.0. The van der Waals surface area contributed by atoms with E-state index in [-0.39, 0.29) is 11.9 Å². The van der Waals surface area contributed by atoms with Crippen molar-refractivity contribution < 1.29 is 13.6 Å². The topological polar surface area (TPSA) is 97.0 Å². The largest absolute Gasteiger partial charge is 0.469 e. The van der Waals surface area contributed by atoms with Crippen molar-refractivity contribution in [1.82, 2.24) is 20.5 Å². The van der Waals surface area contributed by atoms with Gasteiger partial charge in [0.25, 0.3) is 5.91 Å². The Morgan fingerprint density at radius 3 is 3.04 bits per heavy atom. The lowest BCUT2D eigenvalue weighted by Gasteiger charge is -2.11. The third-order valence-electron chi connectivity index (χ3n) is 3.41. The monoisotopic (exact) mass is 346 g/mol. The minimum Gasteiger partial charge on any atom is -0.469 e. The number of furan rings is 2. The van der Waals surface area contributed by atoms with Crippen LogP contribution in [0.2, 0.25) is 0 Å². The smallest absolute Gasteiger partial charge is 0.287 e. The number of hydrogen-bond donors (Lipinski definition) is 2. The molecule has 0 aliphatic rings. The highest BCUT2D eigenvalue weighted by atomic mass is 32.2. The molecule has 3 heterocycles. The van der Waals surface area contributed by atoms with E-state index in [1.54, 1.807) is 18.4 Å². The second-order valence-electron chi connectivity index (χ2n) is 5.34. The normalized spacial score (nSPS) is 12.2. The van der Waals surface area contributed by atoms with E-state index in [0.717, 1.165) is 18.6 Å². The number of carbonyl (C=O) groups is 1. The molecule has 0 saturated carbocycles. The minimum atomic E-state index is -0.210. The fourth-order valence-electron chi connectivity index (χ4n) is 2.16. The van der Waals surface area contributed by atoms with Gasteiger partial charge >= 0.3 is 0 Å². The van der Waals surface area contributed by atoms with Crippen LogP contribution in [-0.2, 0) is 12.2 Å². The number of nitrogens with zero attached hydrogens (tertiary/aromatic N) is 2. The zero-order chi connectivity index (χ0) is 16.8. The van der Waals surface area contributed by atoms with Crippen molar-refractivity contribution >= 4 is 17.7 Å². The molecule has 0 aliphatic heterocycles. The van der Waals surface area contributed by atoms with E-state index in [4.69, 9.17) is 8.83 Å². The Kier molecular flexibility index (Phi) is 5.37. The molecule has 126 valence electrons. The number of nitrogens with one attached hydrogen (secondary N) is 2. The van der Waals surface area contributed by atoms with Crippen molar-refractivity contribution in [2.45, 2.75) is 36.7 Å². The van der Waals surface area contributed by atoms with Gasteiger partial charge in [0.05, 0.1) is 12.0 Å². The second-order valence-corrected chi connectivity index (χ2v) is 6.30. The van der Waals surface area contributed by atoms with Crippen LogP contribution < -0.4 is 5.32 Å². The minimum absolute atomic E-state index is 0.0275. The summed E-state index contributed by atoms with van der Waals surface area (Å²) in [5, 5.41) is 10.2. The first-order valence-electron chi connectivity index (χ1n) is 7.61. The second kappa shape index (κ2) is 7.87. The first-order chi connectivity index (χ1) is 11.7. The molecular formula is C16H18N4O3S. The molecule has 3 aromatic rings. The van der Waals surface area contributed by atoms with Crippen molar-refractivity contribution in [1.29, 1.82) is 0 Å². The van der Waals surface area contributed by atoms with Gasteiger partial charge < -0.3 is 14.2 Å². The maximum Gasteiger partial charge on any atom is 0.287 e. The van der Waals surface area contributed by atoms with Gasteiger partial charge in [-0.15, -0.1) is 0 Å². The Balaban J connectivity index is 1.46. The standard InChI is InChI=1S/C16H18N4O3S/c1-11(4-5-12-3-2-8-22-12)19-15(21)14-7-6-13(23-14)9-24-16-17-10-18-20-16/h2-3,6-8,10-11H,4-5,9H2,1H3,(H,19,21)(H,17,18,20). The summed E-state index contributed by atoms with van der Waals surface area (Å²) in [6.45, 7) is 1.96. The number of rotatable bonds is 8. The fourth-order valence-corrected chi connectivity index (χ4v) is 2.83. The maximum absolute atomic E-state index is 12.2. The van der Waals surface area contributed by atoms with Gasteiger partial charge in [0, 0.05) is 12.5 Å². The van der Waals surface area contributed by atoms with Crippen LogP contribution in [0, 0.1) is 0 Å². The Morgan fingerprint density at radius 1 is 1.38 bits per heavy atom. The molecule has 0 spiro atoms. The molecule has 1 amide bonds. The Hall–Kier alpha value is -2.48. The van der Waals surface area contributed by atoms with E-state index in [9.17, 15) is 4.79 Å². The number of aryl methyl sites for hydroxylation is 1. The van der Waals surface area contributed by atoms with Gasteiger partial charge in [0.15, 0.2) is 10.9 Å². The SMILES string of the molecule is CC(CCc1ccco1)NC(=O)c1ccc(CSc2ncn[nH]2)o1. The maximum atomic E-state index is 12.2. The predicted molar refractivity (Wildman–Crippen MR) is 88.6 cm³/mol. The quantitative estimate of drug-likeness (QED) is 0.609. The summed E-state index contributed by atoms with van der Waals surface area (Å²) in [6, 6.07) is 7.30. The third kappa shape index (κ3) is 4.51. The van der Waals surface area contributed by atoms with Crippen LogP contribution >= 0.6 is 11.8 Å². The van der Waals surface area contributed by atoms with Gasteiger partial charge in [-0.05, 0) is 37.6 Å². The molecule has 0 fully saturated rings. The number of H-pyrrole nitrogens is 1. The van der Waals surface area contributed by atoms with Gasteiger partial charge in [-0.1, -0.05) is 11.8 Å². The highest BCUT2D eigenvalue weighted by molar-refractivity contribution is 7.98. The molecule has 3 rings (SSSR count). The van der Waals surface area contributed by atoms with Crippen LogP contribution in [0.3, 0.4) is 0 Å². The molecule has 1 atom stereocenters. The third-order valence-corrected chi connectivity index (χ3v) is 4.31. The molecule has 0 aromatic carbocycles. The average Bonchev–Trinajstić information content (AvgIpc) is 3.33. The molecule has 0 saturated heterocycles. The highest BCUT2D eigenvalue weighted by Crippen LogP contribution is 2.20. The van der Waals surface area contributed by atoms with Gasteiger partial charge in [0.2, 0.25) is 0 Å². The summed E-state index contributed by atoms with van der Waals surface area (Å²) in [6.07, 6.45) is 4.69. The number of hydrogen-bond acceptors (Lipinski definition) is 6. The van der Waals surface area contributed by atoms with Crippen molar-refractivity contribution in [3.63, 3.8) is 0 Å². The predicted octanol–water partition coefficient (Wildman–Crippen LogP) is 3.03. The van der Waals surface area contributed by atoms with Gasteiger partial charge in [-0.2, -0.15) is 5.10 Å². The highest BCUT2D eigenvalue weighted by Gasteiger charge is 2.14. The first kappa shape index (κ1) is 16.4. The molecule has 8 heteroatoms. The lowest BCUT2D eigenvalue weighted by molar-refractivity contribution is 0.0908. The van der Waals surface area contributed by atoms with Crippen LogP contribution in [0.25, 0.3) is 0 Å². The molecule has 3 aromatic heterocycles. The molecular weight excluding hydrogens is 328 g/mol. The van der Waals surface area contributed by atoms with E-state index in [0.29, 0.717) is 22.4 Å². The molecule has 0 bridgehead atoms. The lowest BCUT2D eigenvalue weighted by atomic mass is 10.1. The Labute approximate surface area is 143 Å². The lowest BCUT2D eigenvalue weighted by Crippen LogP contribution is -2.32. The number of aromatic amines is 1. The van der Waals surface area contributed by atoms with Crippen LogP contribution in [0.5, 0.6) is 0 Å². The molecule has 0 aliphatic carbocycles. The van der Waals surface area contributed by atoms with Gasteiger partial charge in [-0.3, -0.25) is 9.89 Å². The summed E-state index contributed by atoms with van der Waals surface area (Å²) in [4.78, 5) is 16.2. The van der Waals surface area contributed by atoms with E-state index < -0.39 is 0 Å². The van der Waals surface area contributed by atoms with Crippen LogP contribution in [0.4, 0.5) is 0 Å². The van der Waals surface area contributed by atoms with Crippen LogP contribution in [-0.4, -0.2) is 27.1 Å². The summed E-state index contributed by atoms with van der Waals surface area (Å²) >= 11 is 1.46. The van der Waals surface area contributed by atoms with Crippen molar-refractivity contribution in [2.24, 2.45) is 0 Å². The van der Waals surface area contributed by atoms with E-state index in [1.165, 1.54) is 18.1 Å². The number of amides is 1. The summed E-state index contributed by atoms with van der Waals surface area (Å²) in [5.74, 6) is 2.31. The molecule has 0 radical (unpaired) electrons. The fraction of sp³-hybridized carbons (Fsp3) is 0.312. The van der Waals surface area contributed by atoms with Crippen LogP contribution in [0.1, 0.15) is 35.4 Å².